The van der Waals surface area contributed by atoms with Gasteiger partial charge in [-0.1, -0.05) is 97.1 Å². The van der Waals surface area contributed by atoms with Gasteiger partial charge in [0.25, 0.3) is 5.91 Å². The van der Waals surface area contributed by atoms with Gasteiger partial charge in [-0.05, 0) is 66.6 Å². The van der Waals surface area contributed by atoms with Crippen molar-refractivity contribution in [3.05, 3.63) is 119 Å². The zero-order valence-electron chi connectivity index (χ0n) is 26.3. The summed E-state index contributed by atoms with van der Waals surface area (Å²) in [5, 5.41) is 16.5. The minimum Gasteiger partial charge on any atom is -0.382 e. The highest BCUT2D eigenvalue weighted by Crippen LogP contribution is 2.40. The Morgan fingerprint density at radius 1 is 0.935 bits per heavy atom. The lowest BCUT2D eigenvalue weighted by molar-refractivity contribution is -0.147. The second-order valence-corrected chi connectivity index (χ2v) is 15.8. The predicted molar refractivity (Wildman–Crippen MR) is 185 cm³/mol. The van der Waals surface area contributed by atoms with Crippen molar-refractivity contribution in [1.82, 2.24) is 14.9 Å². The van der Waals surface area contributed by atoms with Crippen LogP contribution in [0.1, 0.15) is 36.1 Å². The molecule has 0 saturated carbocycles. The first-order chi connectivity index (χ1) is 21.9. The van der Waals surface area contributed by atoms with Crippen molar-refractivity contribution in [2.24, 2.45) is 0 Å². The highest BCUT2D eigenvalue weighted by atomic mass is 32.2. The van der Waals surface area contributed by atoms with Gasteiger partial charge in [-0.25, -0.2) is 13.1 Å². The van der Waals surface area contributed by atoms with Gasteiger partial charge in [-0.3, -0.25) is 9.59 Å². The van der Waals surface area contributed by atoms with Crippen LogP contribution in [0, 0.1) is 6.92 Å². The van der Waals surface area contributed by atoms with Crippen LogP contribution in [-0.4, -0.2) is 64.8 Å². The normalized spacial score (nSPS) is 17.5. The van der Waals surface area contributed by atoms with Crippen molar-refractivity contribution < 1.29 is 23.1 Å². The fourth-order valence-electron chi connectivity index (χ4n) is 5.97. The molecule has 1 fully saturated rings. The first kappa shape index (κ1) is 33.7. The van der Waals surface area contributed by atoms with Crippen LogP contribution in [0.15, 0.2) is 97.1 Å². The molecule has 0 radical (unpaired) electrons. The van der Waals surface area contributed by atoms with E-state index in [4.69, 9.17) is 0 Å². The largest absolute Gasteiger partial charge is 0.382 e. The van der Waals surface area contributed by atoms with Crippen LogP contribution < -0.4 is 10.0 Å². The predicted octanol–water partition coefficient (Wildman–Crippen LogP) is 4.58. The Morgan fingerprint density at radius 2 is 1.59 bits per heavy atom. The van der Waals surface area contributed by atoms with Crippen molar-refractivity contribution in [3.8, 4) is 0 Å². The summed E-state index contributed by atoms with van der Waals surface area (Å²) in [5.41, 5.74) is 3.68. The highest BCUT2D eigenvalue weighted by Gasteiger charge is 2.49. The fourth-order valence-corrected chi connectivity index (χ4v) is 8.39. The number of sulfonamides is 1. The Hall–Kier alpha value is -3.70. The van der Waals surface area contributed by atoms with Crippen LogP contribution in [0.4, 0.5) is 0 Å². The standard InChI is InChI=1S/C36H41N3O5S2/c1-25-12-7-8-16-29(25)23-37-34(41)33-36(2,3)45-24-39(33)35(42)32(40)31(22-26-13-5-4-6-14-26)38-46(43,44)21-20-28-18-11-17-27-15-9-10-19-30(27)28/h4-19,31-33,38,40H,20-24H2,1-3H3,(H,37,41)/t31-,32-,33+/m0/s1. The Kier molecular flexibility index (Phi) is 10.5. The number of hydrogen-bond acceptors (Lipinski definition) is 6. The van der Waals surface area contributed by atoms with Gasteiger partial charge in [0.05, 0.1) is 17.7 Å². The summed E-state index contributed by atoms with van der Waals surface area (Å²) < 4.78 is 29.0. The second-order valence-electron chi connectivity index (χ2n) is 12.3. The number of benzene rings is 4. The van der Waals surface area contributed by atoms with E-state index in [1.54, 1.807) is 0 Å². The van der Waals surface area contributed by atoms with E-state index in [1.165, 1.54) is 16.7 Å². The van der Waals surface area contributed by atoms with E-state index in [1.807, 2.05) is 118 Å². The molecule has 0 spiro atoms. The number of thioether (sulfide) groups is 1. The minimum atomic E-state index is -3.93. The molecule has 4 aromatic rings. The van der Waals surface area contributed by atoms with E-state index in [0.29, 0.717) is 6.54 Å². The van der Waals surface area contributed by atoms with E-state index in [9.17, 15) is 23.1 Å². The molecule has 3 N–H and O–H groups in total. The number of nitrogens with zero attached hydrogens (tertiary/aromatic N) is 1. The molecule has 8 nitrogen and oxygen atoms in total. The molecule has 0 aromatic heterocycles. The Labute approximate surface area is 275 Å². The van der Waals surface area contributed by atoms with Gasteiger partial charge in [0, 0.05) is 11.3 Å². The van der Waals surface area contributed by atoms with E-state index >= 15 is 0 Å². The number of nitrogens with one attached hydrogen (secondary N) is 2. The number of carbonyl (C=O) groups is 2. The number of aliphatic hydroxyl groups excluding tert-OH is 1. The summed E-state index contributed by atoms with van der Waals surface area (Å²) in [6.45, 7) is 6.07. The van der Waals surface area contributed by atoms with E-state index in [2.05, 4.69) is 10.0 Å². The van der Waals surface area contributed by atoms with Gasteiger partial charge in [-0.15, -0.1) is 11.8 Å². The van der Waals surface area contributed by atoms with Gasteiger partial charge in [0.15, 0.2) is 0 Å². The molecule has 5 rings (SSSR count). The third kappa shape index (κ3) is 7.98. The van der Waals surface area contributed by atoms with Crippen molar-refractivity contribution in [1.29, 1.82) is 0 Å². The summed E-state index contributed by atoms with van der Waals surface area (Å²) >= 11 is 1.44. The molecule has 3 atom stereocenters. The van der Waals surface area contributed by atoms with Crippen LogP contribution in [0.2, 0.25) is 0 Å². The number of aliphatic hydroxyl groups is 1. The lowest BCUT2D eigenvalue weighted by atomic mass is 9.97. The van der Waals surface area contributed by atoms with E-state index in [0.717, 1.165) is 33.0 Å². The molecular weight excluding hydrogens is 619 g/mol. The summed E-state index contributed by atoms with van der Waals surface area (Å²) in [7, 11) is -3.93. The van der Waals surface area contributed by atoms with Gasteiger partial charge in [0.1, 0.15) is 12.1 Å². The first-order valence-corrected chi connectivity index (χ1v) is 18.0. The molecule has 46 heavy (non-hydrogen) atoms. The molecule has 0 unspecified atom stereocenters. The third-order valence-corrected chi connectivity index (χ3v) is 11.4. The van der Waals surface area contributed by atoms with Crippen molar-refractivity contribution in [2.75, 3.05) is 11.6 Å². The van der Waals surface area contributed by atoms with Gasteiger partial charge < -0.3 is 15.3 Å². The molecule has 1 aliphatic heterocycles. The van der Waals surface area contributed by atoms with Crippen molar-refractivity contribution in [2.45, 2.75) is 63.1 Å². The zero-order valence-corrected chi connectivity index (χ0v) is 28.0. The number of carbonyl (C=O) groups excluding carboxylic acids is 2. The number of hydrogen-bond donors (Lipinski definition) is 3. The fraction of sp³-hybridized carbons (Fsp3) is 0.333. The first-order valence-electron chi connectivity index (χ1n) is 15.4. The molecule has 1 saturated heterocycles. The van der Waals surface area contributed by atoms with Crippen LogP contribution in [0.25, 0.3) is 10.8 Å². The van der Waals surface area contributed by atoms with Crippen LogP contribution in [-0.2, 0) is 39.0 Å². The molecule has 1 heterocycles. The average Bonchev–Trinajstić information content (AvgIpc) is 3.37. The summed E-state index contributed by atoms with van der Waals surface area (Å²) in [6, 6.07) is 28.5. The Balaban J connectivity index is 1.34. The van der Waals surface area contributed by atoms with Crippen LogP contribution in [0.5, 0.6) is 0 Å². The second kappa shape index (κ2) is 14.4. The maximum atomic E-state index is 14.0. The SMILES string of the molecule is Cc1ccccc1CNC(=O)[C@H]1N(C(=O)[C@@H](O)[C@H](Cc2ccccc2)NS(=O)(=O)CCc2cccc3ccccc23)CSC1(C)C. The van der Waals surface area contributed by atoms with Crippen LogP contribution in [0.3, 0.4) is 0 Å². The minimum absolute atomic E-state index is 0.0930. The van der Waals surface area contributed by atoms with Crippen molar-refractivity contribution >= 4 is 44.4 Å². The maximum absolute atomic E-state index is 14.0. The van der Waals surface area contributed by atoms with Gasteiger partial charge in [-0.2, -0.15) is 0 Å². The molecule has 242 valence electrons. The molecule has 0 bridgehead atoms. The number of rotatable bonds is 12. The molecule has 1 aliphatic rings. The van der Waals surface area contributed by atoms with Gasteiger partial charge >= 0.3 is 0 Å². The monoisotopic (exact) mass is 659 g/mol. The third-order valence-electron chi connectivity index (χ3n) is 8.58. The number of amides is 2. The quantitative estimate of drug-likeness (QED) is 0.205. The number of aryl methyl sites for hydroxylation is 2. The maximum Gasteiger partial charge on any atom is 0.254 e. The lowest BCUT2D eigenvalue weighted by Crippen LogP contribution is -2.58. The average molecular weight is 660 g/mol. The number of fused-ring (bicyclic) bond motifs is 1. The molecule has 4 aromatic carbocycles. The van der Waals surface area contributed by atoms with E-state index < -0.39 is 38.9 Å². The Bertz CT molecular complexity index is 1790. The van der Waals surface area contributed by atoms with Crippen molar-refractivity contribution in [3.63, 3.8) is 0 Å². The highest BCUT2D eigenvalue weighted by molar-refractivity contribution is 8.00. The topological polar surface area (TPSA) is 116 Å². The molecule has 10 heteroatoms. The summed E-state index contributed by atoms with van der Waals surface area (Å²) in [6.07, 6.45) is -1.36. The lowest BCUT2D eigenvalue weighted by Gasteiger charge is -2.33. The molecular formula is C36H41N3O5S2. The smallest absolute Gasteiger partial charge is 0.254 e. The summed E-state index contributed by atoms with van der Waals surface area (Å²) in [5.74, 6) is -1.04. The molecule has 2 amide bonds. The van der Waals surface area contributed by atoms with Gasteiger partial charge in [0.2, 0.25) is 15.9 Å². The Morgan fingerprint density at radius 3 is 2.35 bits per heavy atom. The summed E-state index contributed by atoms with van der Waals surface area (Å²) in [4.78, 5) is 28.9. The molecule has 0 aliphatic carbocycles. The van der Waals surface area contributed by atoms with E-state index in [-0.39, 0.29) is 30.4 Å². The van der Waals surface area contributed by atoms with Crippen LogP contribution >= 0.6 is 11.8 Å². The zero-order chi connectivity index (χ0) is 32.9.